The molecular formula is C17H14BrN3O3S2. The topological polar surface area (TPSA) is 88.2 Å². The lowest BCUT2D eigenvalue weighted by atomic mass is 10.3. The molecule has 0 bridgehead atoms. The van der Waals surface area contributed by atoms with Crippen LogP contribution in [0.4, 0.5) is 10.8 Å². The molecule has 3 aromatic rings. The van der Waals surface area contributed by atoms with Crippen molar-refractivity contribution < 1.29 is 13.2 Å². The molecule has 1 aromatic heterocycles. The maximum absolute atomic E-state index is 12.3. The second kappa shape index (κ2) is 7.98. The van der Waals surface area contributed by atoms with Gasteiger partial charge < -0.3 is 5.32 Å². The van der Waals surface area contributed by atoms with Gasteiger partial charge >= 0.3 is 0 Å². The number of hydrogen-bond donors (Lipinski definition) is 2. The SMILES string of the molecule is O=C(Cc1csc(NS(=O)(=O)c2ccccc2)n1)Nc1ccc(Br)cc1. The number of nitrogens with one attached hydrogen (secondary N) is 2. The second-order valence-electron chi connectivity index (χ2n) is 5.29. The Kier molecular flexibility index (Phi) is 5.70. The summed E-state index contributed by atoms with van der Waals surface area (Å²) in [7, 11) is -3.69. The second-order valence-corrected chi connectivity index (χ2v) is 8.75. The number of halogens is 1. The summed E-state index contributed by atoms with van der Waals surface area (Å²) in [4.78, 5) is 16.4. The highest BCUT2D eigenvalue weighted by atomic mass is 79.9. The van der Waals surface area contributed by atoms with Crippen molar-refractivity contribution in [3.05, 3.63) is 70.1 Å². The number of nitrogens with zero attached hydrogens (tertiary/aromatic N) is 1. The van der Waals surface area contributed by atoms with E-state index in [1.807, 2.05) is 12.1 Å². The fourth-order valence-corrected chi connectivity index (χ4v) is 4.36. The maximum atomic E-state index is 12.3. The number of thiazole rings is 1. The molecule has 0 saturated carbocycles. The van der Waals surface area contributed by atoms with Crippen LogP contribution in [0.15, 0.2) is 69.3 Å². The third kappa shape index (κ3) is 4.90. The number of amides is 1. The Labute approximate surface area is 163 Å². The first-order valence-electron chi connectivity index (χ1n) is 7.50. The summed E-state index contributed by atoms with van der Waals surface area (Å²) in [6, 6.07) is 15.3. The Balaban J connectivity index is 1.62. The quantitative estimate of drug-likeness (QED) is 0.594. The summed E-state index contributed by atoms with van der Waals surface area (Å²) in [5.74, 6) is -0.227. The zero-order valence-corrected chi connectivity index (χ0v) is 16.6. The van der Waals surface area contributed by atoms with Crippen molar-refractivity contribution in [3.8, 4) is 0 Å². The Morgan fingerprint density at radius 2 is 1.77 bits per heavy atom. The van der Waals surface area contributed by atoms with E-state index in [9.17, 15) is 13.2 Å². The van der Waals surface area contributed by atoms with Gasteiger partial charge in [0.1, 0.15) is 0 Å². The molecule has 6 nitrogen and oxygen atoms in total. The van der Waals surface area contributed by atoms with Crippen LogP contribution in [0.5, 0.6) is 0 Å². The molecule has 0 aliphatic rings. The molecule has 2 aromatic carbocycles. The van der Waals surface area contributed by atoms with Crippen LogP contribution in [0.25, 0.3) is 0 Å². The molecule has 3 rings (SSSR count). The van der Waals surface area contributed by atoms with Crippen LogP contribution in [0.3, 0.4) is 0 Å². The van der Waals surface area contributed by atoms with Gasteiger partial charge in [-0.05, 0) is 36.4 Å². The Morgan fingerprint density at radius 3 is 2.46 bits per heavy atom. The molecule has 1 amide bonds. The molecule has 2 N–H and O–H groups in total. The minimum Gasteiger partial charge on any atom is -0.326 e. The molecule has 0 saturated heterocycles. The molecule has 0 aliphatic heterocycles. The number of carbonyl (C=O) groups excluding carboxylic acids is 1. The van der Waals surface area contributed by atoms with Gasteiger partial charge in [0.2, 0.25) is 5.91 Å². The van der Waals surface area contributed by atoms with E-state index < -0.39 is 10.0 Å². The van der Waals surface area contributed by atoms with E-state index in [0.29, 0.717) is 11.4 Å². The lowest BCUT2D eigenvalue weighted by molar-refractivity contribution is -0.115. The largest absolute Gasteiger partial charge is 0.326 e. The van der Waals surface area contributed by atoms with Crippen molar-refractivity contribution in [2.45, 2.75) is 11.3 Å². The van der Waals surface area contributed by atoms with Gasteiger partial charge in [0.05, 0.1) is 17.0 Å². The number of aromatic nitrogens is 1. The Morgan fingerprint density at radius 1 is 1.08 bits per heavy atom. The monoisotopic (exact) mass is 451 g/mol. The maximum Gasteiger partial charge on any atom is 0.263 e. The van der Waals surface area contributed by atoms with Crippen LogP contribution in [0.2, 0.25) is 0 Å². The molecule has 0 atom stereocenters. The summed E-state index contributed by atoms with van der Waals surface area (Å²) in [6.45, 7) is 0. The van der Waals surface area contributed by atoms with Crippen LogP contribution in [-0.4, -0.2) is 19.3 Å². The zero-order valence-electron chi connectivity index (χ0n) is 13.3. The number of hydrogen-bond acceptors (Lipinski definition) is 5. The van der Waals surface area contributed by atoms with Crippen molar-refractivity contribution in [1.29, 1.82) is 0 Å². The van der Waals surface area contributed by atoms with E-state index in [2.05, 4.69) is 31.0 Å². The summed E-state index contributed by atoms with van der Waals surface area (Å²) in [5.41, 5.74) is 1.17. The van der Waals surface area contributed by atoms with E-state index in [1.165, 1.54) is 12.1 Å². The Bertz CT molecular complexity index is 1000. The van der Waals surface area contributed by atoms with Crippen molar-refractivity contribution in [2.24, 2.45) is 0 Å². The van der Waals surface area contributed by atoms with Crippen molar-refractivity contribution >= 4 is 54.0 Å². The lowest BCUT2D eigenvalue weighted by Gasteiger charge is -2.05. The smallest absolute Gasteiger partial charge is 0.263 e. The summed E-state index contributed by atoms with van der Waals surface area (Å²) >= 11 is 4.47. The molecule has 9 heteroatoms. The fraction of sp³-hybridized carbons (Fsp3) is 0.0588. The van der Waals surface area contributed by atoms with Crippen molar-refractivity contribution in [2.75, 3.05) is 10.0 Å². The highest BCUT2D eigenvalue weighted by Gasteiger charge is 2.16. The molecule has 0 fully saturated rings. The van der Waals surface area contributed by atoms with Gasteiger partial charge in [0, 0.05) is 15.5 Å². The van der Waals surface area contributed by atoms with Gasteiger partial charge in [-0.3, -0.25) is 9.52 Å². The molecule has 0 unspecified atom stereocenters. The first-order valence-corrected chi connectivity index (χ1v) is 10.7. The average Bonchev–Trinajstić information content (AvgIpc) is 3.03. The summed E-state index contributed by atoms with van der Waals surface area (Å²) in [6.07, 6.45) is 0.0552. The molecule has 1 heterocycles. The normalized spacial score (nSPS) is 11.1. The van der Waals surface area contributed by atoms with Gasteiger partial charge in [-0.25, -0.2) is 13.4 Å². The van der Waals surface area contributed by atoms with Crippen LogP contribution in [-0.2, 0) is 21.2 Å². The minimum absolute atomic E-state index is 0.0552. The van der Waals surface area contributed by atoms with Crippen LogP contribution in [0.1, 0.15) is 5.69 Å². The average molecular weight is 452 g/mol. The first-order chi connectivity index (χ1) is 12.4. The van der Waals surface area contributed by atoms with Gasteiger partial charge in [-0.1, -0.05) is 34.1 Å². The van der Waals surface area contributed by atoms with Crippen molar-refractivity contribution in [1.82, 2.24) is 4.98 Å². The number of sulfonamides is 1. The molecule has 26 heavy (non-hydrogen) atoms. The highest BCUT2D eigenvalue weighted by Crippen LogP contribution is 2.21. The van der Waals surface area contributed by atoms with Gasteiger partial charge in [0.25, 0.3) is 10.0 Å². The Hall–Kier alpha value is -2.23. The van der Waals surface area contributed by atoms with Gasteiger partial charge in [-0.15, -0.1) is 11.3 Å². The third-order valence-corrected chi connectivity index (χ3v) is 6.12. The predicted molar refractivity (Wildman–Crippen MR) is 106 cm³/mol. The zero-order chi connectivity index (χ0) is 18.6. The summed E-state index contributed by atoms with van der Waals surface area (Å²) in [5, 5.41) is 4.65. The molecule has 134 valence electrons. The van der Waals surface area contributed by atoms with E-state index in [-0.39, 0.29) is 22.4 Å². The standard InChI is InChI=1S/C17H14BrN3O3S2/c18-12-6-8-13(9-7-12)19-16(22)10-14-11-25-17(20-14)21-26(23,24)15-4-2-1-3-5-15/h1-9,11H,10H2,(H,19,22)(H,20,21). The van der Waals surface area contributed by atoms with E-state index in [1.54, 1.807) is 35.7 Å². The van der Waals surface area contributed by atoms with E-state index in [4.69, 9.17) is 0 Å². The molecule has 0 spiro atoms. The van der Waals surface area contributed by atoms with Crippen LogP contribution < -0.4 is 10.0 Å². The van der Waals surface area contributed by atoms with Gasteiger partial charge in [-0.2, -0.15) is 0 Å². The fourth-order valence-electron chi connectivity index (χ4n) is 2.11. The third-order valence-electron chi connectivity index (χ3n) is 3.30. The van der Waals surface area contributed by atoms with E-state index in [0.717, 1.165) is 15.8 Å². The first kappa shape index (κ1) is 18.6. The number of carbonyl (C=O) groups is 1. The minimum atomic E-state index is -3.69. The van der Waals surface area contributed by atoms with Crippen LogP contribution >= 0.6 is 27.3 Å². The highest BCUT2D eigenvalue weighted by molar-refractivity contribution is 9.10. The number of rotatable bonds is 6. The lowest BCUT2D eigenvalue weighted by Crippen LogP contribution is -2.15. The predicted octanol–water partition coefficient (Wildman–Crippen LogP) is 3.89. The summed E-state index contributed by atoms with van der Waals surface area (Å²) < 4.78 is 27.9. The number of anilines is 2. The number of benzene rings is 2. The van der Waals surface area contributed by atoms with Gasteiger partial charge in [0.15, 0.2) is 5.13 Å². The van der Waals surface area contributed by atoms with Crippen molar-refractivity contribution in [3.63, 3.8) is 0 Å². The van der Waals surface area contributed by atoms with E-state index >= 15 is 0 Å². The molecule has 0 radical (unpaired) electrons. The van der Waals surface area contributed by atoms with Crippen LogP contribution in [0, 0.1) is 0 Å². The molecule has 0 aliphatic carbocycles. The molecular weight excluding hydrogens is 438 g/mol.